The van der Waals surface area contributed by atoms with Crippen molar-refractivity contribution in [2.24, 2.45) is 0 Å². The van der Waals surface area contributed by atoms with Crippen LogP contribution in [0.4, 0.5) is 0 Å². The standard InChI is InChI=1S/3C4H8O.CH4O/c3*1-2-4-5-3-1;1-2/h3*1-4H2;2H,1H3. The molecule has 4 heteroatoms. The van der Waals surface area contributed by atoms with Gasteiger partial charge in [-0.3, -0.25) is 0 Å². The fraction of sp³-hybridized carbons (Fsp3) is 1.00. The second-order valence-electron chi connectivity index (χ2n) is 3.96. The van der Waals surface area contributed by atoms with Crippen LogP contribution in [0.5, 0.6) is 0 Å². The molecule has 3 heterocycles. The lowest BCUT2D eigenvalue weighted by atomic mass is 10.4. The lowest BCUT2D eigenvalue weighted by molar-refractivity contribution is 0.198. The highest BCUT2D eigenvalue weighted by atomic mass is 16.5. The molecular weight excluding hydrogens is 220 g/mol. The Hall–Kier alpha value is -0.160. The molecule has 0 aromatic carbocycles. The van der Waals surface area contributed by atoms with Crippen molar-refractivity contribution in [3.8, 4) is 0 Å². The molecule has 0 amide bonds. The first-order chi connectivity index (χ1) is 8.50. The van der Waals surface area contributed by atoms with E-state index in [-0.39, 0.29) is 0 Å². The van der Waals surface area contributed by atoms with Gasteiger partial charge in [-0.25, -0.2) is 0 Å². The molecule has 4 nitrogen and oxygen atoms in total. The van der Waals surface area contributed by atoms with E-state index in [0.29, 0.717) is 0 Å². The van der Waals surface area contributed by atoms with Crippen LogP contribution in [-0.4, -0.2) is 51.9 Å². The molecule has 0 spiro atoms. The molecule has 104 valence electrons. The Morgan fingerprint density at radius 2 is 0.647 bits per heavy atom. The van der Waals surface area contributed by atoms with Gasteiger partial charge in [-0.1, -0.05) is 0 Å². The van der Waals surface area contributed by atoms with Gasteiger partial charge in [0, 0.05) is 46.8 Å². The van der Waals surface area contributed by atoms with E-state index in [1.165, 1.54) is 38.5 Å². The van der Waals surface area contributed by atoms with Gasteiger partial charge in [0.1, 0.15) is 0 Å². The van der Waals surface area contributed by atoms with Crippen LogP contribution in [0.1, 0.15) is 38.5 Å². The first-order valence-electron chi connectivity index (χ1n) is 6.68. The third-order valence-electron chi connectivity index (χ3n) is 2.48. The number of rotatable bonds is 0. The van der Waals surface area contributed by atoms with Gasteiger partial charge in [0.2, 0.25) is 0 Å². The van der Waals surface area contributed by atoms with E-state index in [4.69, 9.17) is 19.3 Å². The van der Waals surface area contributed by atoms with Gasteiger partial charge in [-0.15, -0.1) is 0 Å². The Bertz CT molecular complexity index is 72.0. The number of ether oxygens (including phenoxy) is 3. The molecule has 0 unspecified atom stereocenters. The molecular formula is C13H28O4. The van der Waals surface area contributed by atoms with Gasteiger partial charge in [0.05, 0.1) is 0 Å². The molecule has 0 bridgehead atoms. The Kier molecular flexibility index (Phi) is 15.7. The van der Waals surface area contributed by atoms with E-state index in [1.54, 1.807) is 0 Å². The van der Waals surface area contributed by atoms with Gasteiger partial charge < -0.3 is 19.3 Å². The van der Waals surface area contributed by atoms with E-state index >= 15 is 0 Å². The third kappa shape index (κ3) is 13.8. The van der Waals surface area contributed by atoms with Crippen molar-refractivity contribution in [1.82, 2.24) is 0 Å². The summed E-state index contributed by atoms with van der Waals surface area (Å²) >= 11 is 0. The number of aliphatic hydroxyl groups is 1. The molecule has 3 rings (SSSR count). The van der Waals surface area contributed by atoms with Crippen LogP contribution >= 0.6 is 0 Å². The SMILES string of the molecule is C1CCOC1.C1CCOC1.C1CCOC1.CO. The molecule has 0 radical (unpaired) electrons. The molecule has 0 saturated carbocycles. The summed E-state index contributed by atoms with van der Waals surface area (Å²) in [7, 11) is 1.00. The average Bonchev–Trinajstić information content (AvgIpc) is 3.16. The lowest BCUT2D eigenvalue weighted by Gasteiger charge is -1.76. The topological polar surface area (TPSA) is 47.9 Å². The highest BCUT2D eigenvalue weighted by Gasteiger charge is 1.95. The molecule has 17 heavy (non-hydrogen) atoms. The average molecular weight is 248 g/mol. The molecule has 0 atom stereocenters. The first kappa shape index (κ1) is 16.8. The van der Waals surface area contributed by atoms with Gasteiger partial charge in [0.25, 0.3) is 0 Å². The number of hydrogen-bond acceptors (Lipinski definition) is 4. The van der Waals surface area contributed by atoms with Crippen molar-refractivity contribution in [3.05, 3.63) is 0 Å². The van der Waals surface area contributed by atoms with Crippen LogP contribution in [-0.2, 0) is 14.2 Å². The van der Waals surface area contributed by atoms with Crippen LogP contribution in [0, 0.1) is 0 Å². The van der Waals surface area contributed by atoms with Crippen LogP contribution in [0.25, 0.3) is 0 Å². The zero-order valence-electron chi connectivity index (χ0n) is 11.2. The third-order valence-corrected chi connectivity index (χ3v) is 2.48. The predicted octanol–water partition coefficient (Wildman–Crippen LogP) is 2.00. The zero-order chi connectivity index (χ0) is 12.6. The fourth-order valence-electron chi connectivity index (χ4n) is 1.53. The zero-order valence-corrected chi connectivity index (χ0v) is 11.2. The molecule has 0 aromatic heterocycles. The monoisotopic (exact) mass is 248 g/mol. The maximum atomic E-state index is 7.00. The van der Waals surface area contributed by atoms with E-state index in [0.717, 1.165) is 46.8 Å². The van der Waals surface area contributed by atoms with Crippen LogP contribution in [0.3, 0.4) is 0 Å². The van der Waals surface area contributed by atoms with E-state index in [1.807, 2.05) is 0 Å². The van der Waals surface area contributed by atoms with Crippen molar-refractivity contribution in [2.45, 2.75) is 38.5 Å². The molecule has 3 aliphatic rings. The predicted molar refractivity (Wildman–Crippen MR) is 68.3 cm³/mol. The van der Waals surface area contributed by atoms with Crippen molar-refractivity contribution in [1.29, 1.82) is 0 Å². The fourth-order valence-corrected chi connectivity index (χ4v) is 1.53. The Morgan fingerprint density at radius 1 is 0.471 bits per heavy atom. The summed E-state index contributed by atoms with van der Waals surface area (Å²) in [6.45, 7) is 6.00. The Balaban J connectivity index is 0.000000211. The Labute approximate surface area is 105 Å². The summed E-state index contributed by atoms with van der Waals surface area (Å²) in [5, 5.41) is 7.00. The van der Waals surface area contributed by atoms with Gasteiger partial charge in [-0.2, -0.15) is 0 Å². The maximum Gasteiger partial charge on any atom is 0.0466 e. The van der Waals surface area contributed by atoms with Crippen molar-refractivity contribution >= 4 is 0 Å². The number of hydrogen-bond donors (Lipinski definition) is 1. The van der Waals surface area contributed by atoms with Gasteiger partial charge in [0.15, 0.2) is 0 Å². The molecule has 3 saturated heterocycles. The summed E-state index contributed by atoms with van der Waals surface area (Å²) in [6.07, 6.45) is 7.67. The van der Waals surface area contributed by atoms with E-state index in [2.05, 4.69) is 0 Å². The van der Waals surface area contributed by atoms with Crippen molar-refractivity contribution in [3.63, 3.8) is 0 Å². The summed E-state index contributed by atoms with van der Waals surface area (Å²) in [6, 6.07) is 0. The van der Waals surface area contributed by atoms with E-state index < -0.39 is 0 Å². The first-order valence-corrected chi connectivity index (χ1v) is 6.68. The van der Waals surface area contributed by atoms with Crippen LogP contribution in [0.2, 0.25) is 0 Å². The summed E-state index contributed by atoms with van der Waals surface area (Å²) in [4.78, 5) is 0. The Morgan fingerprint density at radius 3 is 0.706 bits per heavy atom. The molecule has 3 aliphatic heterocycles. The van der Waals surface area contributed by atoms with Crippen LogP contribution < -0.4 is 0 Å². The smallest absolute Gasteiger partial charge is 0.0466 e. The molecule has 0 aliphatic carbocycles. The van der Waals surface area contributed by atoms with Gasteiger partial charge in [-0.05, 0) is 38.5 Å². The summed E-state index contributed by atoms with van der Waals surface area (Å²) in [5.41, 5.74) is 0. The minimum atomic E-state index is 1.00. The summed E-state index contributed by atoms with van der Waals surface area (Å²) in [5.74, 6) is 0. The summed E-state index contributed by atoms with van der Waals surface area (Å²) < 4.78 is 14.8. The molecule has 3 fully saturated rings. The van der Waals surface area contributed by atoms with Gasteiger partial charge >= 0.3 is 0 Å². The van der Waals surface area contributed by atoms with Crippen LogP contribution in [0.15, 0.2) is 0 Å². The highest BCUT2D eigenvalue weighted by molar-refractivity contribution is 4.44. The second kappa shape index (κ2) is 15.8. The largest absolute Gasteiger partial charge is 0.400 e. The lowest BCUT2D eigenvalue weighted by Crippen LogP contribution is -1.74. The van der Waals surface area contributed by atoms with Crippen molar-refractivity contribution in [2.75, 3.05) is 46.8 Å². The normalized spacial score (nSPS) is 21.5. The minimum absolute atomic E-state index is 1.00. The quantitative estimate of drug-likeness (QED) is 0.712. The minimum Gasteiger partial charge on any atom is -0.400 e. The molecule has 1 N–H and O–H groups in total. The highest BCUT2D eigenvalue weighted by Crippen LogP contribution is 1.99. The molecule has 0 aromatic rings. The van der Waals surface area contributed by atoms with E-state index in [9.17, 15) is 0 Å². The van der Waals surface area contributed by atoms with Crippen molar-refractivity contribution < 1.29 is 19.3 Å². The maximum absolute atomic E-state index is 7.00. The number of aliphatic hydroxyl groups excluding tert-OH is 1. The second-order valence-corrected chi connectivity index (χ2v) is 3.96.